The summed E-state index contributed by atoms with van der Waals surface area (Å²) in [6, 6.07) is 14.0. The molecule has 0 fully saturated rings. The van der Waals surface area contributed by atoms with Crippen molar-refractivity contribution in [3.63, 3.8) is 0 Å². The van der Waals surface area contributed by atoms with Crippen LogP contribution in [0.25, 0.3) is 10.5 Å². The predicted molar refractivity (Wildman–Crippen MR) is 117 cm³/mol. The molecular formula is C22H14N4O6S. The molecule has 1 atom stereocenters. The van der Waals surface area contributed by atoms with Crippen molar-refractivity contribution < 1.29 is 24.2 Å². The molecule has 164 valence electrons. The molecule has 1 amide bonds. The highest BCUT2D eigenvalue weighted by Gasteiger charge is 2.35. The number of benzene rings is 2. The lowest BCUT2D eigenvalue weighted by Crippen LogP contribution is -2.35. The first-order valence-electron chi connectivity index (χ1n) is 9.96. The van der Waals surface area contributed by atoms with Gasteiger partial charge in [-0.1, -0.05) is 41.7 Å². The van der Waals surface area contributed by atoms with Crippen molar-refractivity contribution in [3.8, 4) is 11.5 Å². The summed E-state index contributed by atoms with van der Waals surface area (Å²) in [5, 5.41) is 13.5. The Kier molecular flexibility index (Phi) is 4.20. The third kappa shape index (κ3) is 2.97. The predicted octanol–water partition coefficient (Wildman–Crippen LogP) is 1.01. The summed E-state index contributed by atoms with van der Waals surface area (Å²) in [5.41, 5.74) is 0.611. The lowest BCUT2D eigenvalue weighted by molar-refractivity contribution is -0.136. The topological polar surface area (TPSA) is 123 Å². The van der Waals surface area contributed by atoms with E-state index >= 15 is 0 Å². The van der Waals surface area contributed by atoms with Gasteiger partial charge in [-0.15, -0.1) is 5.10 Å². The van der Waals surface area contributed by atoms with Crippen LogP contribution in [0.5, 0.6) is 11.5 Å². The minimum atomic E-state index is -1.15. The van der Waals surface area contributed by atoms with Crippen molar-refractivity contribution in [2.75, 3.05) is 18.1 Å². The van der Waals surface area contributed by atoms with Crippen LogP contribution in [0.1, 0.15) is 17.5 Å². The molecule has 2 aromatic heterocycles. The van der Waals surface area contributed by atoms with E-state index < -0.39 is 30.1 Å². The van der Waals surface area contributed by atoms with Crippen molar-refractivity contribution in [3.05, 3.63) is 74.8 Å². The molecule has 1 N–H and O–H groups in total. The number of ether oxygens (including phenoxy) is 2. The van der Waals surface area contributed by atoms with Gasteiger partial charge in [0, 0.05) is 5.56 Å². The van der Waals surface area contributed by atoms with Crippen LogP contribution in [0.2, 0.25) is 0 Å². The second-order valence-electron chi connectivity index (χ2n) is 7.44. The molecule has 10 nitrogen and oxygen atoms in total. The second kappa shape index (κ2) is 7.14. The van der Waals surface area contributed by atoms with Gasteiger partial charge < -0.3 is 14.6 Å². The van der Waals surface area contributed by atoms with E-state index in [2.05, 4.69) is 10.1 Å². The van der Waals surface area contributed by atoms with E-state index in [1.165, 1.54) is 0 Å². The van der Waals surface area contributed by atoms with Crippen LogP contribution in [0, 0.1) is 0 Å². The van der Waals surface area contributed by atoms with Gasteiger partial charge in [-0.05, 0) is 18.2 Å². The monoisotopic (exact) mass is 462 g/mol. The smallest absolute Gasteiger partial charge is 0.323 e. The molecule has 33 heavy (non-hydrogen) atoms. The number of carboxylic acid groups (broad SMARTS) is 1. The van der Waals surface area contributed by atoms with Gasteiger partial charge in [-0.3, -0.25) is 19.3 Å². The summed E-state index contributed by atoms with van der Waals surface area (Å²) < 4.78 is 12.9. The number of carbonyl (C=O) groups is 2. The van der Waals surface area contributed by atoms with E-state index in [1.54, 1.807) is 36.4 Å². The number of carbonyl (C=O) groups excluding carboxylic acids is 1. The highest BCUT2D eigenvalue weighted by molar-refractivity contribution is 7.15. The Hall–Kier alpha value is -4.25. The number of hydrogen-bond donors (Lipinski definition) is 1. The number of fused-ring (bicyclic) bond motifs is 3. The fraction of sp³-hybridized carbons (Fsp3) is 0.136. The third-order valence-corrected chi connectivity index (χ3v) is 6.44. The summed E-state index contributed by atoms with van der Waals surface area (Å²) >= 11 is 1.03. The quantitative estimate of drug-likeness (QED) is 0.479. The van der Waals surface area contributed by atoms with Crippen LogP contribution in [0.4, 0.5) is 5.69 Å². The molecular weight excluding hydrogens is 448 g/mol. The van der Waals surface area contributed by atoms with Gasteiger partial charge >= 0.3 is 5.97 Å². The van der Waals surface area contributed by atoms with E-state index in [0.717, 1.165) is 20.8 Å². The van der Waals surface area contributed by atoms with Gasteiger partial charge in [0.2, 0.25) is 4.96 Å². The number of thiazole rings is 1. The summed E-state index contributed by atoms with van der Waals surface area (Å²) in [6.45, 7) is -0.303. The molecule has 0 spiro atoms. The van der Waals surface area contributed by atoms with E-state index in [9.17, 15) is 19.5 Å². The summed E-state index contributed by atoms with van der Waals surface area (Å²) in [7, 11) is 0. The van der Waals surface area contributed by atoms with Gasteiger partial charge in [0.25, 0.3) is 11.5 Å². The Balaban J connectivity index is 1.44. The van der Waals surface area contributed by atoms with Crippen LogP contribution in [0.15, 0.2) is 53.3 Å². The summed E-state index contributed by atoms with van der Waals surface area (Å²) in [6.07, 6.45) is -0.581. The lowest BCUT2D eigenvalue weighted by Gasteiger charge is -2.24. The van der Waals surface area contributed by atoms with Crippen LogP contribution < -0.4 is 24.5 Å². The van der Waals surface area contributed by atoms with E-state index in [0.29, 0.717) is 33.5 Å². The van der Waals surface area contributed by atoms with Gasteiger partial charge in [-0.25, -0.2) is 0 Å². The average molecular weight is 462 g/mol. The Morgan fingerprint density at radius 3 is 2.67 bits per heavy atom. The number of aliphatic carboxylic acids is 1. The largest absolute Gasteiger partial charge is 0.485 e. The molecule has 2 aliphatic rings. The van der Waals surface area contributed by atoms with Gasteiger partial charge in [0.1, 0.15) is 17.7 Å². The minimum absolute atomic E-state index is 0.155. The van der Waals surface area contributed by atoms with Crippen LogP contribution in [0.3, 0.4) is 0 Å². The zero-order valence-corrected chi connectivity index (χ0v) is 17.6. The average Bonchev–Trinajstić information content (AvgIpc) is 3.45. The molecule has 4 aromatic rings. The minimum Gasteiger partial charge on any atom is -0.485 e. The zero-order chi connectivity index (χ0) is 22.7. The SMILES string of the molecule is O=C(O)CN1C(=O)/C(=c2\sc3nc(C4COc5ccccc5O4)nn3c2=O)c2ccccc21. The number of para-hydroxylation sites is 3. The Morgan fingerprint density at radius 1 is 1.12 bits per heavy atom. The standard InChI is InChI=1S/C22H14N4O6S/c27-16(28)9-25-12-6-2-1-5-11(12)17(20(25)29)18-21(30)26-22(33-18)23-19(24-26)15-10-31-13-7-3-4-8-14(13)32-15/h1-8,15H,9-10H2,(H,27,28)/b18-17-. The maximum atomic E-state index is 13.2. The first kappa shape index (κ1) is 19.4. The molecule has 11 heteroatoms. The highest BCUT2D eigenvalue weighted by Crippen LogP contribution is 2.36. The maximum absolute atomic E-state index is 13.2. The van der Waals surface area contributed by atoms with E-state index in [1.807, 2.05) is 12.1 Å². The lowest BCUT2D eigenvalue weighted by atomic mass is 10.1. The molecule has 6 rings (SSSR count). The summed E-state index contributed by atoms with van der Waals surface area (Å²) in [4.78, 5) is 43.5. The van der Waals surface area contributed by atoms with Gasteiger partial charge in [0.05, 0.1) is 11.3 Å². The highest BCUT2D eigenvalue weighted by atomic mass is 32.1. The number of nitrogens with zero attached hydrogens (tertiary/aromatic N) is 4. The second-order valence-corrected chi connectivity index (χ2v) is 8.42. The van der Waals surface area contributed by atoms with Crippen molar-refractivity contribution in [1.29, 1.82) is 0 Å². The fourth-order valence-electron chi connectivity index (χ4n) is 3.98. The third-order valence-electron chi connectivity index (χ3n) is 5.41. The Morgan fingerprint density at radius 2 is 1.88 bits per heavy atom. The van der Waals surface area contributed by atoms with Crippen molar-refractivity contribution in [2.45, 2.75) is 6.10 Å². The molecule has 0 radical (unpaired) electrons. The van der Waals surface area contributed by atoms with Crippen molar-refractivity contribution in [1.82, 2.24) is 14.6 Å². The molecule has 2 aromatic carbocycles. The van der Waals surface area contributed by atoms with Gasteiger partial charge in [-0.2, -0.15) is 9.50 Å². The van der Waals surface area contributed by atoms with E-state index in [4.69, 9.17) is 9.47 Å². The fourth-order valence-corrected chi connectivity index (χ4v) is 4.98. The molecule has 1 unspecified atom stereocenters. The molecule has 0 bridgehead atoms. The maximum Gasteiger partial charge on any atom is 0.323 e. The molecule has 4 heterocycles. The number of rotatable bonds is 3. The molecule has 0 aliphatic carbocycles. The number of amides is 1. The van der Waals surface area contributed by atoms with Crippen LogP contribution in [-0.4, -0.2) is 44.7 Å². The molecule has 0 saturated heterocycles. The van der Waals surface area contributed by atoms with Crippen molar-refractivity contribution >= 4 is 39.4 Å². The number of carboxylic acids is 1. The zero-order valence-electron chi connectivity index (χ0n) is 16.8. The van der Waals surface area contributed by atoms with Gasteiger partial charge in [0.15, 0.2) is 23.4 Å². The van der Waals surface area contributed by atoms with Crippen LogP contribution >= 0.6 is 11.3 Å². The van der Waals surface area contributed by atoms with E-state index in [-0.39, 0.29) is 16.7 Å². The molecule has 2 aliphatic heterocycles. The first-order valence-corrected chi connectivity index (χ1v) is 10.8. The number of aromatic nitrogens is 3. The van der Waals surface area contributed by atoms with Crippen molar-refractivity contribution in [2.24, 2.45) is 0 Å². The number of hydrogen-bond acceptors (Lipinski definition) is 8. The Labute approximate surface area is 188 Å². The normalized spacial score (nSPS) is 18.6. The first-order chi connectivity index (χ1) is 16.0. The Bertz CT molecular complexity index is 1580. The van der Waals surface area contributed by atoms with Crippen LogP contribution in [-0.2, 0) is 9.59 Å². The molecule has 0 saturated carbocycles. The number of anilines is 1. The summed E-state index contributed by atoms with van der Waals surface area (Å²) in [5.74, 6) is -0.194.